The van der Waals surface area contributed by atoms with Gasteiger partial charge >= 0.3 is 0 Å². The summed E-state index contributed by atoms with van der Waals surface area (Å²) in [5.74, 6) is -6.43. The zero-order chi connectivity index (χ0) is 15.7. The third kappa shape index (κ3) is 2.80. The van der Waals surface area contributed by atoms with Crippen LogP contribution in [-0.4, -0.2) is 7.05 Å². The molecule has 0 heterocycles. The van der Waals surface area contributed by atoms with Crippen molar-refractivity contribution in [3.8, 4) is 0 Å². The van der Waals surface area contributed by atoms with Gasteiger partial charge in [0.2, 0.25) is 0 Å². The van der Waals surface area contributed by atoms with E-state index in [4.69, 9.17) is 0 Å². The highest BCUT2D eigenvalue weighted by Crippen LogP contribution is 2.32. The fourth-order valence-electron chi connectivity index (χ4n) is 2.03. The quantitative estimate of drug-likeness (QED) is 0.481. The zero-order valence-electron chi connectivity index (χ0n) is 10.7. The summed E-state index contributed by atoms with van der Waals surface area (Å²) in [6.07, 6.45) is 0. The summed E-state index contributed by atoms with van der Waals surface area (Å²) in [5, 5.41) is 2.50. The third-order valence-electron chi connectivity index (χ3n) is 3.03. The van der Waals surface area contributed by atoms with Gasteiger partial charge in [0.15, 0.2) is 17.5 Å². The lowest BCUT2D eigenvalue weighted by molar-refractivity contribution is 0.430. The highest BCUT2D eigenvalue weighted by Gasteiger charge is 2.27. The highest BCUT2D eigenvalue weighted by molar-refractivity contribution is 9.10. The lowest BCUT2D eigenvalue weighted by Crippen LogP contribution is -2.22. The SMILES string of the molecule is CNC(c1ccc(F)c(F)c1F)c1c(F)ccc(Br)c1F. The summed E-state index contributed by atoms with van der Waals surface area (Å²) in [5.41, 5.74) is -0.885. The van der Waals surface area contributed by atoms with E-state index in [0.29, 0.717) is 6.07 Å². The smallest absolute Gasteiger partial charge is 0.194 e. The lowest BCUT2D eigenvalue weighted by atomic mass is 9.97. The average molecular weight is 366 g/mol. The molecule has 1 atom stereocenters. The van der Waals surface area contributed by atoms with Crippen molar-refractivity contribution >= 4 is 15.9 Å². The Balaban J connectivity index is 2.66. The van der Waals surface area contributed by atoms with Gasteiger partial charge in [-0.1, -0.05) is 6.07 Å². The van der Waals surface area contributed by atoms with Crippen molar-refractivity contribution in [2.45, 2.75) is 6.04 Å². The van der Waals surface area contributed by atoms with Crippen LogP contribution in [0.1, 0.15) is 17.2 Å². The first-order valence-electron chi connectivity index (χ1n) is 5.82. The third-order valence-corrected chi connectivity index (χ3v) is 3.65. The molecule has 0 aromatic heterocycles. The van der Waals surface area contributed by atoms with Crippen LogP contribution in [0.4, 0.5) is 22.0 Å². The van der Waals surface area contributed by atoms with E-state index >= 15 is 0 Å². The van der Waals surface area contributed by atoms with Gasteiger partial charge in [-0.05, 0) is 41.2 Å². The first kappa shape index (κ1) is 15.9. The number of hydrogen-bond acceptors (Lipinski definition) is 1. The molecule has 2 aromatic rings. The summed E-state index contributed by atoms with van der Waals surface area (Å²) >= 11 is 2.90. The van der Waals surface area contributed by atoms with Crippen LogP contribution in [0.3, 0.4) is 0 Å². The van der Waals surface area contributed by atoms with Crippen molar-refractivity contribution in [2.24, 2.45) is 0 Å². The molecule has 0 saturated carbocycles. The van der Waals surface area contributed by atoms with Crippen molar-refractivity contribution in [1.82, 2.24) is 5.32 Å². The molecule has 0 amide bonds. The molecular formula is C14H9BrF5N. The van der Waals surface area contributed by atoms with Crippen molar-refractivity contribution in [2.75, 3.05) is 7.05 Å². The maximum atomic E-state index is 14.1. The van der Waals surface area contributed by atoms with Gasteiger partial charge in [0.1, 0.15) is 11.6 Å². The van der Waals surface area contributed by atoms with E-state index < -0.39 is 46.3 Å². The largest absolute Gasteiger partial charge is 0.309 e. The second-order valence-corrected chi connectivity index (χ2v) is 5.10. The fourth-order valence-corrected chi connectivity index (χ4v) is 2.37. The molecule has 0 fully saturated rings. The fraction of sp³-hybridized carbons (Fsp3) is 0.143. The van der Waals surface area contributed by atoms with E-state index in [9.17, 15) is 22.0 Å². The first-order chi connectivity index (χ1) is 9.88. The van der Waals surface area contributed by atoms with Gasteiger partial charge < -0.3 is 5.32 Å². The normalized spacial score (nSPS) is 12.5. The van der Waals surface area contributed by atoms with Crippen molar-refractivity contribution in [1.29, 1.82) is 0 Å². The Kier molecular flexibility index (Phi) is 4.63. The minimum atomic E-state index is -1.69. The van der Waals surface area contributed by atoms with Crippen LogP contribution in [0, 0.1) is 29.1 Å². The average Bonchev–Trinajstić information content (AvgIpc) is 2.46. The molecule has 112 valence electrons. The maximum Gasteiger partial charge on any atom is 0.194 e. The number of rotatable bonds is 3. The second kappa shape index (κ2) is 6.11. The van der Waals surface area contributed by atoms with E-state index in [1.54, 1.807) is 0 Å². The Morgan fingerprint density at radius 3 is 2.10 bits per heavy atom. The Hall–Kier alpha value is -1.47. The van der Waals surface area contributed by atoms with Gasteiger partial charge in [0, 0.05) is 11.1 Å². The van der Waals surface area contributed by atoms with E-state index in [1.165, 1.54) is 7.05 Å². The summed E-state index contributed by atoms with van der Waals surface area (Å²) < 4.78 is 68.0. The minimum Gasteiger partial charge on any atom is -0.309 e. The molecule has 7 heteroatoms. The van der Waals surface area contributed by atoms with Crippen molar-refractivity contribution < 1.29 is 22.0 Å². The monoisotopic (exact) mass is 365 g/mol. The van der Waals surface area contributed by atoms with E-state index in [1.807, 2.05) is 0 Å². The molecule has 0 aliphatic rings. The summed E-state index contributed by atoms with van der Waals surface area (Å²) in [7, 11) is 1.32. The van der Waals surface area contributed by atoms with Gasteiger partial charge in [-0.25, -0.2) is 22.0 Å². The van der Waals surface area contributed by atoms with Gasteiger partial charge in [0.25, 0.3) is 0 Å². The molecule has 2 rings (SSSR count). The molecule has 21 heavy (non-hydrogen) atoms. The van der Waals surface area contributed by atoms with E-state index in [0.717, 1.165) is 18.2 Å². The molecule has 1 unspecified atom stereocenters. The van der Waals surface area contributed by atoms with Gasteiger partial charge in [-0.15, -0.1) is 0 Å². The standard InChI is InChI=1S/C14H9BrF5N/c1-21-14(6-2-4-9(17)13(20)11(6)18)10-8(16)5-3-7(15)12(10)19/h2-5,14,21H,1H3. The minimum absolute atomic E-state index is 0.0258. The highest BCUT2D eigenvalue weighted by atomic mass is 79.9. The van der Waals surface area contributed by atoms with Gasteiger partial charge in [-0.2, -0.15) is 0 Å². The predicted molar refractivity (Wildman–Crippen MR) is 71.3 cm³/mol. The second-order valence-electron chi connectivity index (χ2n) is 4.24. The van der Waals surface area contributed by atoms with Gasteiger partial charge in [0.05, 0.1) is 10.5 Å². The molecule has 0 radical (unpaired) electrons. The number of nitrogens with one attached hydrogen (secondary N) is 1. The van der Waals surface area contributed by atoms with Crippen LogP contribution in [0.2, 0.25) is 0 Å². The topological polar surface area (TPSA) is 12.0 Å². The van der Waals surface area contributed by atoms with Crippen LogP contribution in [0.5, 0.6) is 0 Å². The molecule has 2 aromatic carbocycles. The summed E-state index contributed by atoms with van der Waals surface area (Å²) in [6, 6.07) is 2.48. The zero-order valence-corrected chi connectivity index (χ0v) is 12.2. The molecule has 1 nitrogen and oxygen atoms in total. The van der Waals surface area contributed by atoms with Crippen LogP contribution < -0.4 is 5.32 Å². The summed E-state index contributed by atoms with van der Waals surface area (Å²) in [6.45, 7) is 0. The van der Waals surface area contributed by atoms with E-state index in [2.05, 4.69) is 21.2 Å². The van der Waals surface area contributed by atoms with Crippen LogP contribution in [0.15, 0.2) is 28.7 Å². The molecule has 0 spiro atoms. The molecule has 0 aliphatic carbocycles. The number of hydrogen-bond donors (Lipinski definition) is 1. The Bertz CT molecular complexity index is 690. The van der Waals surface area contributed by atoms with Crippen LogP contribution in [0.25, 0.3) is 0 Å². The van der Waals surface area contributed by atoms with E-state index in [-0.39, 0.29) is 4.47 Å². The Morgan fingerprint density at radius 1 is 0.857 bits per heavy atom. The van der Waals surface area contributed by atoms with Crippen LogP contribution in [-0.2, 0) is 0 Å². The Labute approximate surface area is 125 Å². The van der Waals surface area contributed by atoms with Crippen LogP contribution >= 0.6 is 15.9 Å². The number of halogens is 6. The molecule has 0 saturated heterocycles. The lowest BCUT2D eigenvalue weighted by Gasteiger charge is -2.20. The summed E-state index contributed by atoms with van der Waals surface area (Å²) in [4.78, 5) is 0. The van der Waals surface area contributed by atoms with Crippen molar-refractivity contribution in [3.05, 3.63) is 69.0 Å². The maximum absolute atomic E-state index is 14.1. The molecule has 0 bridgehead atoms. The molecular weight excluding hydrogens is 357 g/mol. The Morgan fingerprint density at radius 2 is 1.48 bits per heavy atom. The molecule has 0 aliphatic heterocycles. The first-order valence-corrected chi connectivity index (χ1v) is 6.61. The number of benzene rings is 2. The molecule has 1 N–H and O–H groups in total. The van der Waals surface area contributed by atoms with Gasteiger partial charge in [-0.3, -0.25) is 0 Å². The predicted octanol–water partition coefficient (Wildman–Crippen LogP) is 4.45. The van der Waals surface area contributed by atoms with Crippen molar-refractivity contribution in [3.63, 3.8) is 0 Å².